The lowest BCUT2D eigenvalue weighted by atomic mass is 10.3. The Hall–Kier alpha value is -1.28. The fourth-order valence-corrected chi connectivity index (χ4v) is 3.06. The second-order valence-corrected chi connectivity index (χ2v) is 7.29. The van der Waals surface area contributed by atoms with Gasteiger partial charge in [0, 0.05) is 4.47 Å². The molecule has 21 heavy (non-hydrogen) atoms. The van der Waals surface area contributed by atoms with E-state index in [2.05, 4.69) is 20.7 Å². The Bertz CT molecular complexity index is 781. The van der Waals surface area contributed by atoms with Gasteiger partial charge in [-0.3, -0.25) is 0 Å². The van der Waals surface area contributed by atoms with Crippen LogP contribution in [0.4, 0.5) is 5.69 Å². The molecule has 2 rings (SSSR count). The van der Waals surface area contributed by atoms with Crippen molar-refractivity contribution < 1.29 is 13.2 Å². The van der Waals surface area contributed by atoms with Crippen molar-refractivity contribution in [1.29, 1.82) is 0 Å². The zero-order valence-corrected chi connectivity index (χ0v) is 14.1. The van der Waals surface area contributed by atoms with Crippen LogP contribution in [-0.2, 0) is 10.0 Å². The number of hydrogen-bond acceptors (Lipinski definition) is 4. The SMILES string of the molecule is CNS(=O)(=O)c1ccc(Oc2ccc(Br)cc2Cl)c(N)c1. The molecule has 112 valence electrons. The maximum Gasteiger partial charge on any atom is 0.240 e. The molecule has 0 heterocycles. The van der Waals surface area contributed by atoms with Gasteiger partial charge in [0.05, 0.1) is 15.6 Å². The van der Waals surface area contributed by atoms with E-state index < -0.39 is 10.0 Å². The van der Waals surface area contributed by atoms with Crippen LogP contribution in [0.15, 0.2) is 45.8 Å². The standard InChI is InChI=1S/C13H12BrClN2O3S/c1-17-21(18,19)9-3-5-13(11(16)7-9)20-12-4-2-8(14)6-10(12)15/h2-7,17H,16H2,1H3. The summed E-state index contributed by atoms with van der Waals surface area (Å²) < 4.78 is 32.0. The fourth-order valence-electron chi connectivity index (χ4n) is 1.58. The van der Waals surface area contributed by atoms with E-state index in [0.29, 0.717) is 16.5 Å². The van der Waals surface area contributed by atoms with Crippen LogP contribution in [0.1, 0.15) is 0 Å². The van der Waals surface area contributed by atoms with Gasteiger partial charge < -0.3 is 10.5 Å². The molecule has 0 amide bonds. The number of rotatable bonds is 4. The predicted octanol–water partition coefficient (Wildman–Crippen LogP) is 3.39. The quantitative estimate of drug-likeness (QED) is 0.783. The molecule has 0 aliphatic carbocycles. The van der Waals surface area contributed by atoms with Crippen LogP contribution in [0, 0.1) is 0 Å². The summed E-state index contributed by atoms with van der Waals surface area (Å²) in [7, 11) is -2.21. The van der Waals surface area contributed by atoms with E-state index in [-0.39, 0.29) is 10.6 Å². The molecule has 0 spiro atoms. The van der Waals surface area contributed by atoms with Crippen LogP contribution in [0.3, 0.4) is 0 Å². The van der Waals surface area contributed by atoms with Crippen molar-refractivity contribution in [2.45, 2.75) is 4.90 Å². The van der Waals surface area contributed by atoms with E-state index in [1.807, 2.05) is 0 Å². The number of benzene rings is 2. The van der Waals surface area contributed by atoms with Gasteiger partial charge in [-0.15, -0.1) is 0 Å². The highest BCUT2D eigenvalue weighted by atomic mass is 79.9. The summed E-state index contributed by atoms with van der Waals surface area (Å²) in [4.78, 5) is 0.0664. The third-order valence-electron chi connectivity index (χ3n) is 2.67. The lowest BCUT2D eigenvalue weighted by molar-refractivity contribution is 0.484. The molecule has 8 heteroatoms. The third kappa shape index (κ3) is 3.68. The number of anilines is 1. The molecular formula is C13H12BrClN2O3S. The Morgan fingerprint density at radius 3 is 2.43 bits per heavy atom. The number of nitrogens with one attached hydrogen (secondary N) is 1. The highest BCUT2D eigenvalue weighted by Gasteiger charge is 2.14. The first-order valence-electron chi connectivity index (χ1n) is 5.79. The number of sulfonamides is 1. The van der Waals surface area contributed by atoms with E-state index >= 15 is 0 Å². The molecule has 0 aromatic heterocycles. The predicted molar refractivity (Wildman–Crippen MR) is 86.3 cm³/mol. The first kappa shape index (κ1) is 16.1. The zero-order valence-electron chi connectivity index (χ0n) is 10.9. The topological polar surface area (TPSA) is 81.4 Å². The second kappa shape index (κ2) is 6.23. The summed E-state index contributed by atoms with van der Waals surface area (Å²) in [6.45, 7) is 0. The van der Waals surface area contributed by atoms with Crippen LogP contribution in [0.2, 0.25) is 5.02 Å². The molecule has 0 unspecified atom stereocenters. The van der Waals surface area contributed by atoms with Gasteiger partial charge in [-0.2, -0.15) is 0 Å². The number of ether oxygens (including phenoxy) is 1. The molecule has 0 aliphatic heterocycles. The smallest absolute Gasteiger partial charge is 0.240 e. The van der Waals surface area contributed by atoms with Crippen molar-refractivity contribution in [2.24, 2.45) is 0 Å². The Kier molecular flexibility index (Phi) is 4.77. The number of halogens is 2. The molecule has 3 N–H and O–H groups in total. The van der Waals surface area contributed by atoms with E-state index in [1.54, 1.807) is 18.2 Å². The van der Waals surface area contributed by atoms with Gasteiger partial charge in [-0.05, 0) is 43.4 Å². The zero-order chi connectivity index (χ0) is 15.6. The Morgan fingerprint density at radius 1 is 1.19 bits per heavy atom. The average molecular weight is 392 g/mol. The Balaban J connectivity index is 2.34. The first-order chi connectivity index (χ1) is 9.83. The van der Waals surface area contributed by atoms with Crippen LogP contribution in [0.5, 0.6) is 11.5 Å². The summed E-state index contributed by atoms with van der Waals surface area (Å²) >= 11 is 9.35. The van der Waals surface area contributed by atoms with Crippen molar-refractivity contribution in [2.75, 3.05) is 12.8 Å². The van der Waals surface area contributed by atoms with E-state index in [0.717, 1.165) is 4.47 Å². The summed E-state index contributed by atoms with van der Waals surface area (Å²) in [6, 6.07) is 9.37. The molecule has 0 fully saturated rings. The minimum absolute atomic E-state index is 0.0664. The molecule has 2 aromatic rings. The van der Waals surface area contributed by atoms with Crippen molar-refractivity contribution >= 4 is 43.2 Å². The fraction of sp³-hybridized carbons (Fsp3) is 0.0769. The van der Waals surface area contributed by atoms with Crippen LogP contribution in [-0.4, -0.2) is 15.5 Å². The minimum atomic E-state index is -3.54. The number of hydrogen-bond donors (Lipinski definition) is 2. The van der Waals surface area contributed by atoms with Crippen molar-refractivity contribution in [1.82, 2.24) is 4.72 Å². The molecular weight excluding hydrogens is 380 g/mol. The van der Waals surface area contributed by atoms with Crippen LogP contribution >= 0.6 is 27.5 Å². The van der Waals surface area contributed by atoms with E-state index in [1.165, 1.54) is 25.2 Å². The Morgan fingerprint density at radius 2 is 1.86 bits per heavy atom. The molecule has 5 nitrogen and oxygen atoms in total. The molecule has 0 saturated carbocycles. The maximum atomic E-state index is 11.7. The maximum absolute atomic E-state index is 11.7. The summed E-state index contributed by atoms with van der Waals surface area (Å²) in [6.07, 6.45) is 0. The highest BCUT2D eigenvalue weighted by Crippen LogP contribution is 2.34. The highest BCUT2D eigenvalue weighted by molar-refractivity contribution is 9.10. The molecule has 0 atom stereocenters. The molecule has 0 radical (unpaired) electrons. The minimum Gasteiger partial charge on any atom is -0.454 e. The van der Waals surface area contributed by atoms with Crippen molar-refractivity contribution in [3.63, 3.8) is 0 Å². The largest absolute Gasteiger partial charge is 0.454 e. The lowest BCUT2D eigenvalue weighted by Gasteiger charge is -2.11. The lowest BCUT2D eigenvalue weighted by Crippen LogP contribution is -2.18. The summed E-state index contributed by atoms with van der Waals surface area (Å²) in [5.74, 6) is 0.755. The normalized spacial score (nSPS) is 11.4. The molecule has 0 aliphatic rings. The van der Waals surface area contributed by atoms with Crippen LogP contribution < -0.4 is 15.2 Å². The van der Waals surface area contributed by atoms with Gasteiger partial charge in [0.15, 0.2) is 0 Å². The van der Waals surface area contributed by atoms with Gasteiger partial charge in [-0.25, -0.2) is 13.1 Å². The van der Waals surface area contributed by atoms with Gasteiger partial charge >= 0.3 is 0 Å². The monoisotopic (exact) mass is 390 g/mol. The summed E-state index contributed by atoms with van der Waals surface area (Å²) in [5.41, 5.74) is 6.03. The van der Waals surface area contributed by atoms with Crippen molar-refractivity contribution in [3.8, 4) is 11.5 Å². The van der Waals surface area contributed by atoms with Gasteiger partial charge in [0.25, 0.3) is 0 Å². The van der Waals surface area contributed by atoms with Crippen LogP contribution in [0.25, 0.3) is 0 Å². The average Bonchev–Trinajstić information content (AvgIpc) is 2.43. The third-order valence-corrected chi connectivity index (χ3v) is 4.87. The van der Waals surface area contributed by atoms with Gasteiger partial charge in [0.2, 0.25) is 10.0 Å². The molecule has 2 aromatic carbocycles. The van der Waals surface area contributed by atoms with E-state index in [9.17, 15) is 8.42 Å². The van der Waals surface area contributed by atoms with Gasteiger partial charge in [-0.1, -0.05) is 27.5 Å². The van der Waals surface area contributed by atoms with E-state index in [4.69, 9.17) is 22.1 Å². The number of nitrogen functional groups attached to an aromatic ring is 1. The number of nitrogens with two attached hydrogens (primary N) is 1. The van der Waals surface area contributed by atoms with Crippen molar-refractivity contribution in [3.05, 3.63) is 45.9 Å². The van der Waals surface area contributed by atoms with Gasteiger partial charge in [0.1, 0.15) is 11.5 Å². The molecule has 0 saturated heterocycles. The second-order valence-electron chi connectivity index (χ2n) is 4.08. The first-order valence-corrected chi connectivity index (χ1v) is 8.45. The Labute approximate surface area is 136 Å². The summed E-state index contributed by atoms with van der Waals surface area (Å²) in [5, 5.41) is 0.413. The molecule has 0 bridgehead atoms.